The second-order valence-corrected chi connectivity index (χ2v) is 5.67. The van der Waals surface area contributed by atoms with E-state index < -0.39 is 0 Å². The van der Waals surface area contributed by atoms with Crippen LogP contribution in [0.3, 0.4) is 0 Å². The van der Waals surface area contributed by atoms with Gasteiger partial charge in [0.05, 0.1) is 5.54 Å². The van der Waals surface area contributed by atoms with Crippen molar-refractivity contribution in [3.8, 4) is 0 Å². The summed E-state index contributed by atoms with van der Waals surface area (Å²) in [6.07, 6.45) is 5.19. The standard InChI is InChI=1S/C15H19N.Ir/c1-14-8-10-15(11-9-14,12-16(14)2)13-6-4-3-5-7-13;/h3-6,12H,8-11H2,1-2H3;. The number of fused-ring (bicyclic) bond motifs is 3. The van der Waals surface area contributed by atoms with Gasteiger partial charge < -0.3 is 0 Å². The maximum Gasteiger partial charge on any atom is 0.167 e. The number of hydrogen-bond donors (Lipinski definition) is 0. The molecule has 2 saturated heterocycles. The van der Waals surface area contributed by atoms with Crippen molar-refractivity contribution in [3.05, 3.63) is 42.4 Å². The molecule has 3 fully saturated rings. The van der Waals surface area contributed by atoms with E-state index in [2.05, 4.69) is 49.7 Å². The monoisotopic (exact) mass is 406 g/mol. The summed E-state index contributed by atoms with van der Waals surface area (Å²) in [4.78, 5) is 2.45. The molecule has 0 N–H and O–H groups in total. The number of hydrogen-bond acceptors (Lipinski definition) is 1. The molecule has 2 heteroatoms. The van der Waals surface area contributed by atoms with Gasteiger partial charge in [-0.05, 0) is 32.6 Å². The van der Waals surface area contributed by atoms with Crippen LogP contribution in [0.4, 0.5) is 0 Å². The third-order valence-electron chi connectivity index (χ3n) is 4.76. The van der Waals surface area contributed by atoms with Crippen LogP contribution in [0.15, 0.2) is 24.3 Å². The molecule has 2 aliphatic heterocycles. The molecule has 1 nitrogen and oxygen atoms in total. The van der Waals surface area contributed by atoms with E-state index in [4.69, 9.17) is 0 Å². The Morgan fingerprint density at radius 1 is 1.24 bits per heavy atom. The SMILES string of the molecule is CN1[CH+]C2(c3[c-]cccc3)CCC1(C)CC2.[Ir]. The maximum absolute atomic E-state index is 3.43. The van der Waals surface area contributed by atoms with Crippen molar-refractivity contribution in [1.29, 1.82) is 0 Å². The second-order valence-electron chi connectivity index (χ2n) is 5.67. The number of benzene rings is 1. The van der Waals surface area contributed by atoms with Crippen LogP contribution in [0.2, 0.25) is 0 Å². The average molecular weight is 406 g/mol. The minimum atomic E-state index is 0. The first-order valence-corrected chi connectivity index (χ1v) is 6.21. The van der Waals surface area contributed by atoms with Crippen molar-refractivity contribution in [3.63, 3.8) is 0 Å². The zero-order valence-electron chi connectivity index (χ0n) is 10.5. The van der Waals surface area contributed by atoms with Gasteiger partial charge in [-0.2, -0.15) is 30.3 Å². The van der Waals surface area contributed by atoms with Gasteiger partial charge in [0, 0.05) is 27.2 Å². The summed E-state index contributed by atoms with van der Waals surface area (Å²) in [6, 6.07) is 11.9. The van der Waals surface area contributed by atoms with Crippen LogP contribution in [-0.4, -0.2) is 17.5 Å². The summed E-state index contributed by atoms with van der Waals surface area (Å²) >= 11 is 0. The Morgan fingerprint density at radius 3 is 2.47 bits per heavy atom. The van der Waals surface area contributed by atoms with E-state index in [0.717, 1.165) is 0 Å². The third kappa shape index (κ3) is 1.97. The molecule has 1 aromatic carbocycles. The van der Waals surface area contributed by atoms with Crippen LogP contribution in [0.5, 0.6) is 0 Å². The van der Waals surface area contributed by atoms with Crippen LogP contribution in [0.1, 0.15) is 38.2 Å². The second kappa shape index (κ2) is 4.42. The van der Waals surface area contributed by atoms with E-state index in [0.29, 0.717) is 5.54 Å². The number of likely N-dealkylation sites (N-methyl/N-ethyl adjacent to an activating group) is 1. The van der Waals surface area contributed by atoms with Gasteiger partial charge in [0.15, 0.2) is 6.54 Å². The molecular weight excluding hydrogens is 386 g/mol. The average Bonchev–Trinajstić information content (AvgIpc) is 2.33. The first-order valence-electron chi connectivity index (χ1n) is 6.21. The van der Waals surface area contributed by atoms with Crippen molar-refractivity contribution >= 4 is 0 Å². The van der Waals surface area contributed by atoms with Gasteiger partial charge in [-0.25, -0.2) is 0 Å². The topological polar surface area (TPSA) is 3.24 Å². The molecule has 0 unspecified atom stereocenters. The number of rotatable bonds is 1. The van der Waals surface area contributed by atoms with E-state index >= 15 is 0 Å². The van der Waals surface area contributed by atoms with E-state index in [1.165, 1.54) is 31.2 Å². The zero-order chi connectivity index (χ0) is 11.2. The van der Waals surface area contributed by atoms with Crippen molar-refractivity contribution in [1.82, 2.24) is 4.90 Å². The smallest absolute Gasteiger partial charge is 0.167 e. The van der Waals surface area contributed by atoms with Gasteiger partial charge in [-0.1, -0.05) is 0 Å². The Bertz CT molecular complexity index is 379. The number of piperidine rings is 2. The van der Waals surface area contributed by atoms with Crippen LogP contribution >= 0.6 is 0 Å². The van der Waals surface area contributed by atoms with Crippen LogP contribution < -0.4 is 0 Å². The summed E-state index contributed by atoms with van der Waals surface area (Å²) in [5, 5.41) is 0. The zero-order valence-corrected chi connectivity index (χ0v) is 12.9. The molecule has 17 heavy (non-hydrogen) atoms. The molecule has 93 valence electrons. The molecule has 1 aromatic rings. The number of nitrogens with zero attached hydrogens (tertiary/aromatic N) is 1. The molecule has 0 aromatic heterocycles. The molecule has 0 atom stereocenters. The van der Waals surface area contributed by atoms with Crippen molar-refractivity contribution < 1.29 is 20.1 Å². The fourth-order valence-electron chi connectivity index (χ4n) is 3.28. The van der Waals surface area contributed by atoms with Crippen molar-refractivity contribution in [2.75, 3.05) is 7.05 Å². The van der Waals surface area contributed by atoms with Crippen LogP contribution in [0, 0.1) is 12.6 Å². The first-order chi connectivity index (χ1) is 7.65. The summed E-state index contributed by atoms with van der Waals surface area (Å²) in [6.45, 7) is 4.84. The molecule has 4 rings (SSSR count). The molecule has 1 radical (unpaired) electrons. The van der Waals surface area contributed by atoms with E-state index in [1.807, 2.05) is 6.07 Å². The Kier molecular flexibility index (Phi) is 3.42. The molecule has 2 heterocycles. The van der Waals surface area contributed by atoms with Gasteiger partial charge in [-0.15, -0.1) is 10.5 Å². The molecule has 1 aliphatic carbocycles. The molecule has 2 bridgehead atoms. The molecule has 0 spiro atoms. The normalized spacial score (nSPS) is 36.1. The summed E-state index contributed by atoms with van der Waals surface area (Å²) < 4.78 is 0. The summed E-state index contributed by atoms with van der Waals surface area (Å²) in [7, 11) is 2.23. The minimum absolute atomic E-state index is 0. The van der Waals surface area contributed by atoms with Crippen molar-refractivity contribution in [2.24, 2.45) is 0 Å². The van der Waals surface area contributed by atoms with Gasteiger partial charge in [0.25, 0.3) is 0 Å². The Hall–Kier alpha value is -0.301. The van der Waals surface area contributed by atoms with E-state index in [9.17, 15) is 0 Å². The third-order valence-corrected chi connectivity index (χ3v) is 4.76. The first kappa shape index (κ1) is 13.1. The van der Waals surface area contributed by atoms with E-state index in [1.54, 1.807) is 0 Å². The molecule has 0 amide bonds. The fourth-order valence-corrected chi connectivity index (χ4v) is 3.28. The van der Waals surface area contributed by atoms with Crippen molar-refractivity contribution in [2.45, 2.75) is 43.6 Å². The predicted molar refractivity (Wildman–Crippen MR) is 65.9 cm³/mol. The fraction of sp³-hybridized carbons (Fsp3) is 0.533. The van der Waals surface area contributed by atoms with Gasteiger partial charge in [0.2, 0.25) is 0 Å². The molecular formula is C15H19IrN. The largest absolute Gasteiger partial charge is 0.177 e. The van der Waals surface area contributed by atoms with Gasteiger partial charge in [-0.3, -0.25) is 0 Å². The van der Waals surface area contributed by atoms with Gasteiger partial charge in [0.1, 0.15) is 5.41 Å². The quantitative estimate of drug-likeness (QED) is 0.649. The van der Waals surface area contributed by atoms with Crippen LogP contribution in [0.25, 0.3) is 0 Å². The molecule has 3 aliphatic rings. The summed E-state index contributed by atoms with van der Waals surface area (Å²) in [5.41, 5.74) is 2.06. The maximum atomic E-state index is 3.43. The Morgan fingerprint density at radius 2 is 1.94 bits per heavy atom. The van der Waals surface area contributed by atoms with Crippen LogP contribution in [-0.2, 0) is 25.5 Å². The Balaban J connectivity index is 0.00000108. The van der Waals surface area contributed by atoms with E-state index in [-0.39, 0.29) is 25.5 Å². The molecule has 1 saturated carbocycles. The Labute approximate surface area is 118 Å². The predicted octanol–water partition coefficient (Wildman–Crippen LogP) is 3.16. The minimum Gasteiger partial charge on any atom is -0.177 e. The van der Waals surface area contributed by atoms with Gasteiger partial charge >= 0.3 is 0 Å². The summed E-state index contributed by atoms with van der Waals surface area (Å²) in [5.74, 6) is 0.